The van der Waals surface area contributed by atoms with Crippen molar-refractivity contribution >= 4 is 10.0 Å². The fraction of sp³-hybridized carbons (Fsp3) is 0.600. The monoisotopic (exact) mass is 313 g/mol. The van der Waals surface area contributed by atoms with E-state index in [1.54, 1.807) is 12.1 Å². The van der Waals surface area contributed by atoms with Crippen molar-refractivity contribution in [3.05, 3.63) is 23.8 Å². The lowest BCUT2D eigenvalue weighted by molar-refractivity contribution is 0.298. The number of nitrogens with one attached hydrogen (secondary N) is 1. The third-order valence-electron chi connectivity index (χ3n) is 3.72. The first-order valence-corrected chi connectivity index (χ1v) is 8.82. The Morgan fingerprint density at radius 1 is 1.38 bits per heavy atom. The van der Waals surface area contributed by atoms with Gasteiger partial charge in [0.2, 0.25) is 10.0 Å². The molecule has 6 heteroatoms. The molecule has 0 aliphatic heterocycles. The molecule has 0 amide bonds. The summed E-state index contributed by atoms with van der Waals surface area (Å²) in [5, 5.41) is 9.10. The number of hydrogen-bond donors (Lipinski definition) is 2. The topological polar surface area (TPSA) is 75.6 Å². The van der Waals surface area contributed by atoms with Crippen molar-refractivity contribution in [2.45, 2.75) is 37.0 Å². The zero-order chi connectivity index (χ0) is 15.3. The Hall–Kier alpha value is -1.11. The summed E-state index contributed by atoms with van der Waals surface area (Å²) in [7, 11) is -2.00. The molecule has 2 N–H and O–H groups in total. The summed E-state index contributed by atoms with van der Waals surface area (Å²) >= 11 is 0. The van der Waals surface area contributed by atoms with Crippen LogP contribution in [0.1, 0.15) is 31.2 Å². The van der Waals surface area contributed by atoms with Gasteiger partial charge in [0, 0.05) is 13.2 Å². The second kappa shape index (κ2) is 7.24. The van der Waals surface area contributed by atoms with Crippen LogP contribution in [0.25, 0.3) is 0 Å². The molecule has 1 aliphatic carbocycles. The van der Waals surface area contributed by atoms with Crippen LogP contribution in [0.3, 0.4) is 0 Å². The third kappa shape index (κ3) is 4.69. The van der Waals surface area contributed by atoms with E-state index in [9.17, 15) is 8.42 Å². The van der Waals surface area contributed by atoms with E-state index in [1.807, 2.05) is 0 Å². The lowest BCUT2D eigenvalue weighted by atomic mass is 10.1. The number of methoxy groups -OCH3 is 1. The van der Waals surface area contributed by atoms with E-state index in [2.05, 4.69) is 4.72 Å². The highest BCUT2D eigenvalue weighted by Crippen LogP contribution is 2.33. The molecule has 21 heavy (non-hydrogen) atoms. The maximum absolute atomic E-state index is 12.4. The number of benzene rings is 1. The smallest absolute Gasteiger partial charge is 0.240 e. The fourth-order valence-corrected chi connectivity index (χ4v) is 3.66. The SMILES string of the molecule is COc1ccc(S(=O)(=O)NCCCC2CC2)c(CCO)c1. The summed E-state index contributed by atoms with van der Waals surface area (Å²) in [5.41, 5.74) is 0.576. The van der Waals surface area contributed by atoms with Crippen LogP contribution in [0, 0.1) is 5.92 Å². The molecule has 0 bridgehead atoms. The molecule has 1 fully saturated rings. The van der Waals surface area contributed by atoms with E-state index in [4.69, 9.17) is 9.84 Å². The highest BCUT2D eigenvalue weighted by molar-refractivity contribution is 7.89. The number of aliphatic hydroxyl groups excluding tert-OH is 1. The van der Waals surface area contributed by atoms with Crippen LogP contribution in [0.5, 0.6) is 5.75 Å². The standard InChI is InChI=1S/C15H23NO4S/c1-20-14-6-7-15(13(11-14)8-10-17)21(18,19)16-9-2-3-12-4-5-12/h6-7,11-12,16-17H,2-5,8-10H2,1H3. The van der Waals surface area contributed by atoms with Gasteiger partial charge >= 0.3 is 0 Å². The number of rotatable bonds is 9. The Kier molecular flexibility index (Phi) is 5.61. The minimum atomic E-state index is -3.53. The maximum atomic E-state index is 12.4. The van der Waals surface area contributed by atoms with Gasteiger partial charge in [-0.1, -0.05) is 12.8 Å². The van der Waals surface area contributed by atoms with E-state index in [1.165, 1.54) is 26.0 Å². The van der Waals surface area contributed by atoms with Gasteiger partial charge in [-0.3, -0.25) is 0 Å². The number of aliphatic hydroxyl groups is 1. The van der Waals surface area contributed by atoms with Crippen molar-refractivity contribution in [1.29, 1.82) is 0 Å². The van der Waals surface area contributed by atoms with Crippen molar-refractivity contribution in [1.82, 2.24) is 4.72 Å². The van der Waals surface area contributed by atoms with Gasteiger partial charge < -0.3 is 9.84 Å². The molecule has 0 radical (unpaired) electrons. The molecule has 0 heterocycles. The van der Waals surface area contributed by atoms with Crippen molar-refractivity contribution in [3.8, 4) is 5.75 Å². The van der Waals surface area contributed by atoms with E-state index in [-0.39, 0.29) is 17.9 Å². The van der Waals surface area contributed by atoms with Crippen LogP contribution in [0.2, 0.25) is 0 Å². The van der Waals surface area contributed by atoms with Crippen LogP contribution in [-0.4, -0.2) is 33.8 Å². The molecular formula is C15H23NO4S. The van der Waals surface area contributed by atoms with Crippen molar-refractivity contribution in [2.75, 3.05) is 20.3 Å². The minimum Gasteiger partial charge on any atom is -0.497 e. The molecule has 1 aromatic rings. The molecule has 2 rings (SSSR count). The molecule has 0 atom stereocenters. The maximum Gasteiger partial charge on any atom is 0.240 e. The molecule has 1 aliphatic rings. The molecule has 1 saturated carbocycles. The van der Waals surface area contributed by atoms with Gasteiger partial charge in [0.1, 0.15) is 5.75 Å². The summed E-state index contributed by atoms with van der Waals surface area (Å²) in [4.78, 5) is 0.226. The lowest BCUT2D eigenvalue weighted by Gasteiger charge is -2.12. The molecule has 0 saturated heterocycles. The van der Waals surface area contributed by atoms with Crippen molar-refractivity contribution in [3.63, 3.8) is 0 Å². The van der Waals surface area contributed by atoms with Gasteiger partial charge in [-0.15, -0.1) is 0 Å². The highest BCUT2D eigenvalue weighted by Gasteiger charge is 2.22. The lowest BCUT2D eigenvalue weighted by Crippen LogP contribution is -2.26. The highest BCUT2D eigenvalue weighted by atomic mass is 32.2. The second-order valence-corrected chi connectivity index (χ2v) is 7.17. The summed E-state index contributed by atoms with van der Waals surface area (Å²) in [6, 6.07) is 4.82. The molecular weight excluding hydrogens is 290 g/mol. The van der Waals surface area contributed by atoms with E-state index in [0.29, 0.717) is 17.9 Å². The van der Waals surface area contributed by atoms with E-state index in [0.717, 1.165) is 18.8 Å². The Labute approximate surface area is 126 Å². The van der Waals surface area contributed by atoms with Crippen molar-refractivity contribution in [2.24, 2.45) is 5.92 Å². The van der Waals surface area contributed by atoms with Crippen LogP contribution in [0.15, 0.2) is 23.1 Å². The Morgan fingerprint density at radius 3 is 2.76 bits per heavy atom. The number of sulfonamides is 1. The van der Waals surface area contributed by atoms with Gasteiger partial charge in [-0.2, -0.15) is 0 Å². The quantitative estimate of drug-likeness (QED) is 0.680. The van der Waals surface area contributed by atoms with Crippen LogP contribution < -0.4 is 9.46 Å². The van der Waals surface area contributed by atoms with Gasteiger partial charge in [0.25, 0.3) is 0 Å². The Bertz CT molecular complexity index is 567. The molecule has 5 nitrogen and oxygen atoms in total. The zero-order valence-electron chi connectivity index (χ0n) is 12.3. The van der Waals surface area contributed by atoms with Gasteiger partial charge in [0.15, 0.2) is 0 Å². The number of ether oxygens (including phenoxy) is 1. The predicted octanol–water partition coefficient (Wildman–Crippen LogP) is 1.70. The molecule has 0 spiro atoms. The Balaban J connectivity index is 2.05. The van der Waals surface area contributed by atoms with Gasteiger partial charge in [0.05, 0.1) is 12.0 Å². The average Bonchev–Trinajstić information content (AvgIpc) is 3.28. The molecule has 118 valence electrons. The first-order chi connectivity index (χ1) is 10.1. The van der Waals surface area contributed by atoms with Gasteiger partial charge in [-0.05, 0) is 48.9 Å². The summed E-state index contributed by atoms with van der Waals surface area (Å²) in [6.45, 7) is 0.362. The molecule has 0 aromatic heterocycles. The van der Waals surface area contributed by atoms with Crippen LogP contribution in [-0.2, 0) is 16.4 Å². The summed E-state index contributed by atoms with van der Waals surface area (Å²) in [6.07, 6.45) is 4.82. The summed E-state index contributed by atoms with van der Waals surface area (Å²) < 4.78 is 32.5. The Morgan fingerprint density at radius 2 is 2.14 bits per heavy atom. The molecule has 0 unspecified atom stereocenters. The van der Waals surface area contributed by atoms with Crippen LogP contribution >= 0.6 is 0 Å². The first-order valence-electron chi connectivity index (χ1n) is 7.34. The second-order valence-electron chi connectivity index (χ2n) is 5.43. The fourth-order valence-electron chi connectivity index (χ4n) is 2.34. The van der Waals surface area contributed by atoms with E-state index >= 15 is 0 Å². The minimum absolute atomic E-state index is 0.0998. The predicted molar refractivity (Wildman–Crippen MR) is 80.9 cm³/mol. The third-order valence-corrected chi connectivity index (χ3v) is 5.28. The van der Waals surface area contributed by atoms with Gasteiger partial charge in [-0.25, -0.2) is 13.1 Å². The number of hydrogen-bond acceptors (Lipinski definition) is 4. The van der Waals surface area contributed by atoms with E-state index < -0.39 is 10.0 Å². The normalized spacial score (nSPS) is 15.1. The average molecular weight is 313 g/mol. The summed E-state index contributed by atoms with van der Waals surface area (Å²) in [5.74, 6) is 1.39. The first kappa shape index (κ1) is 16.3. The largest absolute Gasteiger partial charge is 0.497 e. The van der Waals surface area contributed by atoms with Crippen LogP contribution in [0.4, 0.5) is 0 Å². The molecule has 1 aromatic carbocycles. The van der Waals surface area contributed by atoms with Crippen molar-refractivity contribution < 1.29 is 18.3 Å². The zero-order valence-corrected chi connectivity index (χ0v) is 13.2.